The summed E-state index contributed by atoms with van der Waals surface area (Å²) in [6.45, 7) is 2.47. The zero-order valence-electron chi connectivity index (χ0n) is 11.8. The minimum absolute atomic E-state index is 0.515. The summed E-state index contributed by atoms with van der Waals surface area (Å²) in [6.07, 6.45) is 0. The number of benzene rings is 2. The fourth-order valence-corrected chi connectivity index (χ4v) is 2.44. The Morgan fingerprint density at radius 1 is 1.00 bits per heavy atom. The van der Waals surface area contributed by atoms with Crippen LogP contribution in [0.15, 0.2) is 54.6 Å². The molecule has 0 unspecified atom stereocenters. The van der Waals surface area contributed by atoms with Gasteiger partial charge in [0, 0.05) is 0 Å². The van der Waals surface area contributed by atoms with Crippen LogP contribution in [0.5, 0.6) is 0 Å². The Morgan fingerprint density at radius 3 is 2.19 bits per heavy atom. The molecule has 0 bridgehead atoms. The van der Waals surface area contributed by atoms with Crippen LogP contribution in [0.3, 0.4) is 0 Å². The minimum atomic E-state index is 0.515. The molecule has 0 fully saturated rings. The molecular weight excluding hydrogens is 282 g/mol. The first-order valence-electron chi connectivity index (χ1n) is 6.78. The van der Waals surface area contributed by atoms with Crippen molar-refractivity contribution in [2.45, 2.75) is 13.5 Å². The van der Waals surface area contributed by atoms with Crippen molar-refractivity contribution in [1.29, 1.82) is 0 Å². The van der Waals surface area contributed by atoms with Crippen molar-refractivity contribution in [2.24, 2.45) is 0 Å². The predicted molar refractivity (Wildman–Crippen MR) is 87.4 cm³/mol. The van der Waals surface area contributed by atoms with Crippen LogP contribution in [0.2, 0.25) is 5.02 Å². The Balaban J connectivity index is 1.83. The fraction of sp³-hybridized carbons (Fsp3) is 0.118. The van der Waals surface area contributed by atoms with Gasteiger partial charge in [0.15, 0.2) is 0 Å². The second-order valence-electron chi connectivity index (χ2n) is 5.01. The van der Waals surface area contributed by atoms with Crippen molar-refractivity contribution in [3.63, 3.8) is 0 Å². The van der Waals surface area contributed by atoms with Gasteiger partial charge in [0.25, 0.3) is 0 Å². The van der Waals surface area contributed by atoms with Crippen molar-refractivity contribution < 1.29 is 0 Å². The highest BCUT2D eigenvalue weighted by Crippen LogP contribution is 2.24. The van der Waals surface area contributed by atoms with E-state index >= 15 is 0 Å². The minimum Gasteiger partial charge on any atom is -0.383 e. The van der Waals surface area contributed by atoms with E-state index < -0.39 is 0 Å². The van der Waals surface area contributed by atoms with Crippen molar-refractivity contribution in [3.05, 3.63) is 70.9 Å². The number of hydrogen-bond donors (Lipinski definition) is 1. The Kier molecular flexibility index (Phi) is 3.67. The van der Waals surface area contributed by atoms with E-state index in [0.29, 0.717) is 17.4 Å². The van der Waals surface area contributed by atoms with E-state index in [2.05, 4.69) is 41.5 Å². The van der Waals surface area contributed by atoms with Crippen molar-refractivity contribution >= 4 is 17.4 Å². The molecule has 2 aromatic carbocycles. The fourth-order valence-electron chi connectivity index (χ4n) is 2.30. The van der Waals surface area contributed by atoms with Crippen LogP contribution in [0.4, 0.5) is 5.82 Å². The average Bonchev–Trinajstić information content (AvgIpc) is 2.76. The molecule has 0 aliphatic rings. The Morgan fingerprint density at radius 2 is 1.62 bits per heavy atom. The van der Waals surface area contributed by atoms with Crippen LogP contribution in [-0.2, 0) is 6.54 Å². The summed E-state index contributed by atoms with van der Waals surface area (Å²) in [5.41, 5.74) is 10.2. The lowest BCUT2D eigenvalue weighted by Gasteiger charge is -2.06. The summed E-state index contributed by atoms with van der Waals surface area (Å²) in [5, 5.41) is 4.88. The molecule has 3 aromatic rings. The van der Waals surface area contributed by atoms with Gasteiger partial charge >= 0.3 is 0 Å². The van der Waals surface area contributed by atoms with Gasteiger partial charge in [-0.2, -0.15) is 5.10 Å². The second kappa shape index (κ2) is 5.62. The molecule has 21 heavy (non-hydrogen) atoms. The van der Waals surface area contributed by atoms with E-state index in [4.69, 9.17) is 17.3 Å². The van der Waals surface area contributed by atoms with E-state index in [0.717, 1.165) is 11.3 Å². The molecule has 0 radical (unpaired) electrons. The van der Waals surface area contributed by atoms with Crippen LogP contribution in [0, 0.1) is 6.92 Å². The van der Waals surface area contributed by atoms with Gasteiger partial charge in [-0.3, -0.25) is 0 Å². The van der Waals surface area contributed by atoms with Crippen LogP contribution in [0.1, 0.15) is 11.3 Å². The van der Waals surface area contributed by atoms with E-state index in [1.807, 2.05) is 25.1 Å². The van der Waals surface area contributed by atoms with E-state index in [-0.39, 0.29) is 0 Å². The molecule has 0 spiro atoms. The number of nitrogens with zero attached hydrogens (tertiary/aromatic N) is 2. The van der Waals surface area contributed by atoms with Gasteiger partial charge in [-0.25, -0.2) is 4.68 Å². The van der Waals surface area contributed by atoms with Crippen LogP contribution < -0.4 is 5.73 Å². The number of aromatic nitrogens is 2. The van der Waals surface area contributed by atoms with Crippen LogP contribution in [-0.4, -0.2) is 9.78 Å². The summed E-state index contributed by atoms with van der Waals surface area (Å²) in [5.74, 6) is 0.515. The number of halogens is 1. The predicted octanol–water partition coefficient (Wildman–Crippen LogP) is 4.14. The summed E-state index contributed by atoms with van der Waals surface area (Å²) >= 11 is 6.06. The monoisotopic (exact) mass is 297 g/mol. The molecule has 0 saturated carbocycles. The van der Waals surface area contributed by atoms with Gasteiger partial charge in [-0.1, -0.05) is 66.2 Å². The number of nitrogens with two attached hydrogens (primary N) is 1. The zero-order chi connectivity index (χ0) is 14.8. The van der Waals surface area contributed by atoms with Gasteiger partial charge in [-0.15, -0.1) is 0 Å². The second-order valence-corrected chi connectivity index (χ2v) is 5.38. The van der Waals surface area contributed by atoms with Gasteiger partial charge in [0.05, 0.1) is 12.2 Å². The van der Waals surface area contributed by atoms with Crippen molar-refractivity contribution in [1.82, 2.24) is 9.78 Å². The van der Waals surface area contributed by atoms with Gasteiger partial charge in [0.1, 0.15) is 10.8 Å². The van der Waals surface area contributed by atoms with Crippen molar-refractivity contribution in [2.75, 3.05) is 5.73 Å². The third-order valence-corrected chi connectivity index (χ3v) is 3.95. The molecule has 1 heterocycles. The largest absolute Gasteiger partial charge is 0.383 e. The summed E-state index contributed by atoms with van der Waals surface area (Å²) in [6, 6.07) is 18.7. The maximum Gasteiger partial charge on any atom is 0.141 e. The lowest BCUT2D eigenvalue weighted by atomic mass is 10.0. The lowest BCUT2D eigenvalue weighted by molar-refractivity contribution is 0.689. The standard InChI is InChI=1S/C17H16ClN3/c1-12-16(18)17(19)21(20-12)11-13-7-9-15(10-8-13)14-5-3-2-4-6-14/h2-10H,11,19H2,1H3. The summed E-state index contributed by atoms with van der Waals surface area (Å²) in [7, 11) is 0. The molecule has 0 saturated heterocycles. The third kappa shape index (κ3) is 2.78. The molecular formula is C17H16ClN3. The molecule has 3 rings (SSSR count). The molecule has 0 aliphatic carbocycles. The number of aryl methyl sites for hydroxylation is 1. The smallest absolute Gasteiger partial charge is 0.141 e. The maximum atomic E-state index is 6.06. The van der Waals surface area contributed by atoms with E-state index in [9.17, 15) is 0 Å². The number of hydrogen-bond acceptors (Lipinski definition) is 2. The molecule has 4 heteroatoms. The first-order valence-corrected chi connectivity index (χ1v) is 7.15. The molecule has 3 nitrogen and oxygen atoms in total. The average molecular weight is 298 g/mol. The SMILES string of the molecule is Cc1nn(Cc2ccc(-c3ccccc3)cc2)c(N)c1Cl. The van der Waals surface area contributed by atoms with Crippen LogP contribution in [0.25, 0.3) is 11.1 Å². The first-order chi connectivity index (χ1) is 10.1. The maximum absolute atomic E-state index is 6.06. The Labute approximate surface area is 129 Å². The summed E-state index contributed by atoms with van der Waals surface area (Å²) in [4.78, 5) is 0. The highest BCUT2D eigenvalue weighted by molar-refractivity contribution is 6.33. The van der Waals surface area contributed by atoms with Crippen molar-refractivity contribution in [3.8, 4) is 11.1 Å². The third-order valence-electron chi connectivity index (χ3n) is 3.48. The highest BCUT2D eigenvalue weighted by atomic mass is 35.5. The van der Waals surface area contributed by atoms with Gasteiger partial charge in [0.2, 0.25) is 0 Å². The molecule has 1 aromatic heterocycles. The molecule has 0 aliphatic heterocycles. The molecule has 106 valence electrons. The Hall–Kier alpha value is -2.26. The Bertz CT molecular complexity index is 746. The lowest BCUT2D eigenvalue weighted by Crippen LogP contribution is -2.05. The van der Waals surface area contributed by atoms with Gasteiger partial charge in [-0.05, 0) is 23.6 Å². The quantitative estimate of drug-likeness (QED) is 0.789. The molecule has 0 atom stereocenters. The normalized spacial score (nSPS) is 10.8. The first kappa shape index (κ1) is 13.7. The van der Waals surface area contributed by atoms with E-state index in [1.165, 1.54) is 11.1 Å². The summed E-state index contributed by atoms with van der Waals surface area (Å²) < 4.78 is 1.73. The van der Waals surface area contributed by atoms with E-state index in [1.54, 1.807) is 4.68 Å². The topological polar surface area (TPSA) is 43.8 Å². The highest BCUT2D eigenvalue weighted by Gasteiger charge is 2.10. The molecule has 2 N–H and O–H groups in total. The number of rotatable bonds is 3. The van der Waals surface area contributed by atoms with Crippen LogP contribution >= 0.6 is 11.6 Å². The number of anilines is 1. The zero-order valence-corrected chi connectivity index (χ0v) is 12.5. The number of nitrogen functional groups attached to an aromatic ring is 1. The molecule has 0 amide bonds. The van der Waals surface area contributed by atoms with Gasteiger partial charge < -0.3 is 5.73 Å².